The van der Waals surface area contributed by atoms with Crippen molar-refractivity contribution in [1.29, 1.82) is 0 Å². The molecule has 5 rings (SSSR count). The minimum atomic E-state index is -0.573. The van der Waals surface area contributed by atoms with Gasteiger partial charge in [-0.05, 0) is 30.5 Å². The SMILES string of the molecule is O=C(OCCCn1c(=O)[nH]c2ccccc21)[C@@H]1CS[C@]2(c3ccccc3)CCC(=O)N12. The number of H-pyrrole nitrogens is 1. The topological polar surface area (TPSA) is 84.4 Å². The summed E-state index contributed by atoms with van der Waals surface area (Å²) in [6, 6.07) is 16.8. The summed E-state index contributed by atoms with van der Waals surface area (Å²) in [5.74, 6) is 0.162. The number of hydrogen-bond donors (Lipinski definition) is 1. The molecule has 1 amide bonds. The molecule has 2 fully saturated rings. The predicted molar refractivity (Wildman–Crippen MR) is 119 cm³/mol. The monoisotopic (exact) mass is 437 g/mol. The van der Waals surface area contributed by atoms with E-state index in [2.05, 4.69) is 4.98 Å². The lowest BCUT2D eigenvalue weighted by molar-refractivity contribution is -0.154. The largest absolute Gasteiger partial charge is 0.464 e. The van der Waals surface area contributed by atoms with E-state index in [0.717, 1.165) is 16.6 Å². The highest BCUT2D eigenvalue weighted by molar-refractivity contribution is 8.00. The Bertz CT molecular complexity index is 1190. The number of fused-ring (bicyclic) bond motifs is 2. The smallest absolute Gasteiger partial charge is 0.329 e. The maximum absolute atomic E-state index is 12.8. The molecule has 3 aromatic rings. The maximum Gasteiger partial charge on any atom is 0.329 e. The van der Waals surface area contributed by atoms with Crippen molar-refractivity contribution in [1.82, 2.24) is 14.5 Å². The number of nitrogens with zero attached hydrogens (tertiary/aromatic N) is 2. The fourth-order valence-corrected chi connectivity index (χ4v) is 6.27. The second kappa shape index (κ2) is 7.92. The third-order valence-electron chi connectivity index (χ3n) is 6.08. The summed E-state index contributed by atoms with van der Waals surface area (Å²) in [4.78, 5) is 41.7. The van der Waals surface area contributed by atoms with Crippen LogP contribution < -0.4 is 5.69 Å². The normalized spacial score (nSPS) is 22.8. The number of hydrogen-bond acceptors (Lipinski definition) is 5. The van der Waals surface area contributed by atoms with Crippen LogP contribution in [0.5, 0.6) is 0 Å². The van der Waals surface area contributed by atoms with Gasteiger partial charge in [0.15, 0.2) is 0 Å². The first kappa shape index (κ1) is 19.9. The predicted octanol–water partition coefficient (Wildman–Crippen LogP) is 2.85. The Balaban J connectivity index is 1.23. The van der Waals surface area contributed by atoms with E-state index >= 15 is 0 Å². The van der Waals surface area contributed by atoms with Crippen molar-refractivity contribution >= 4 is 34.7 Å². The fraction of sp³-hybridized carbons (Fsp3) is 0.348. The van der Waals surface area contributed by atoms with Crippen LogP contribution >= 0.6 is 11.8 Å². The Morgan fingerprint density at radius 2 is 1.90 bits per heavy atom. The molecule has 0 saturated carbocycles. The summed E-state index contributed by atoms with van der Waals surface area (Å²) < 4.78 is 7.19. The molecule has 0 radical (unpaired) electrons. The van der Waals surface area contributed by atoms with Crippen LogP contribution in [0.25, 0.3) is 11.0 Å². The van der Waals surface area contributed by atoms with Gasteiger partial charge in [-0.2, -0.15) is 0 Å². The quantitative estimate of drug-likeness (QED) is 0.474. The van der Waals surface area contributed by atoms with Gasteiger partial charge in [0.1, 0.15) is 10.9 Å². The molecular formula is C23H23N3O4S. The highest BCUT2D eigenvalue weighted by Gasteiger charge is 2.57. The molecule has 8 heteroatoms. The molecule has 0 spiro atoms. The van der Waals surface area contributed by atoms with Gasteiger partial charge in [0, 0.05) is 18.7 Å². The number of aryl methyl sites for hydroxylation is 1. The lowest BCUT2D eigenvalue weighted by Crippen LogP contribution is -2.46. The summed E-state index contributed by atoms with van der Waals surface area (Å²) in [5.41, 5.74) is 2.51. The van der Waals surface area contributed by atoms with Gasteiger partial charge in [0.25, 0.3) is 0 Å². The van der Waals surface area contributed by atoms with Gasteiger partial charge in [0.2, 0.25) is 5.91 Å². The molecule has 1 N–H and O–H groups in total. The number of amides is 1. The number of carbonyl (C=O) groups is 2. The van der Waals surface area contributed by atoms with Gasteiger partial charge in [-0.25, -0.2) is 9.59 Å². The molecule has 3 heterocycles. The molecule has 2 aromatic carbocycles. The minimum Gasteiger partial charge on any atom is -0.464 e. The van der Waals surface area contributed by atoms with Crippen LogP contribution in [0.15, 0.2) is 59.4 Å². The minimum absolute atomic E-state index is 0.00106. The van der Waals surface area contributed by atoms with Crippen LogP contribution in [0.4, 0.5) is 0 Å². The fourth-order valence-electron chi connectivity index (χ4n) is 4.64. The number of para-hydroxylation sites is 2. The number of aromatic nitrogens is 2. The molecule has 160 valence electrons. The molecule has 0 bridgehead atoms. The van der Waals surface area contributed by atoms with Gasteiger partial charge >= 0.3 is 11.7 Å². The number of rotatable bonds is 6. The first-order valence-corrected chi connectivity index (χ1v) is 11.4. The number of carbonyl (C=O) groups excluding carboxylic acids is 2. The molecule has 0 aliphatic carbocycles. The van der Waals surface area contributed by atoms with Gasteiger partial charge in [-0.3, -0.25) is 9.36 Å². The average Bonchev–Trinajstić information content (AvgIpc) is 3.44. The van der Waals surface area contributed by atoms with Crippen molar-refractivity contribution in [2.24, 2.45) is 0 Å². The van der Waals surface area contributed by atoms with Crippen molar-refractivity contribution < 1.29 is 14.3 Å². The second-order valence-corrected chi connectivity index (χ2v) is 9.16. The van der Waals surface area contributed by atoms with Crippen molar-refractivity contribution in [2.45, 2.75) is 36.7 Å². The lowest BCUT2D eigenvalue weighted by atomic mass is 10.0. The van der Waals surface area contributed by atoms with Crippen LogP contribution in [-0.4, -0.2) is 44.7 Å². The number of imidazole rings is 1. The van der Waals surface area contributed by atoms with E-state index in [1.807, 2.05) is 54.6 Å². The number of esters is 1. The Labute approximate surface area is 183 Å². The summed E-state index contributed by atoms with van der Waals surface area (Å²) >= 11 is 1.65. The number of nitrogens with one attached hydrogen (secondary N) is 1. The molecule has 0 unspecified atom stereocenters. The van der Waals surface area contributed by atoms with Crippen LogP contribution in [0.2, 0.25) is 0 Å². The van der Waals surface area contributed by atoms with E-state index in [0.29, 0.717) is 31.6 Å². The summed E-state index contributed by atoms with van der Waals surface area (Å²) in [7, 11) is 0. The highest BCUT2D eigenvalue weighted by Crippen LogP contribution is 2.54. The standard InChI is InChI=1S/C23H23N3O4S/c27-20-11-12-23(16-7-2-1-3-8-16)26(20)19(15-31-23)21(28)30-14-6-13-25-18-10-5-4-9-17(18)24-22(25)29/h1-5,7-10,19H,6,11-15H2,(H,24,29)/t19-,23-/m0/s1. The van der Waals surface area contributed by atoms with Gasteiger partial charge in [0.05, 0.1) is 17.6 Å². The van der Waals surface area contributed by atoms with E-state index in [1.54, 1.807) is 21.2 Å². The summed E-state index contributed by atoms with van der Waals surface area (Å²) in [6.45, 7) is 0.651. The summed E-state index contributed by atoms with van der Waals surface area (Å²) in [5, 5.41) is 0. The summed E-state index contributed by atoms with van der Waals surface area (Å²) in [6.07, 6.45) is 1.66. The maximum atomic E-state index is 12.8. The molecule has 2 atom stereocenters. The van der Waals surface area contributed by atoms with Crippen LogP contribution in [-0.2, 0) is 25.7 Å². The molecule has 7 nitrogen and oxygen atoms in total. The van der Waals surface area contributed by atoms with Crippen LogP contribution in [0.1, 0.15) is 24.8 Å². The van der Waals surface area contributed by atoms with E-state index in [9.17, 15) is 14.4 Å². The number of benzene rings is 2. The van der Waals surface area contributed by atoms with Gasteiger partial charge in [-0.15, -0.1) is 11.8 Å². The first-order valence-electron chi connectivity index (χ1n) is 10.5. The molecule has 1 aromatic heterocycles. The van der Waals surface area contributed by atoms with Crippen LogP contribution in [0.3, 0.4) is 0 Å². The Morgan fingerprint density at radius 3 is 2.74 bits per heavy atom. The Morgan fingerprint density at radius 1 is 1.13 bits per heavy atom. The second-order valence-electron chi connectivity index (χ2n) is 7.86. The van der Waals surface area contributed by atoms with Crippen LogP contribution in [0, 0.1) is 0 Å². The number of aromatic amines is 1. The molecular weight excluding hydrogens is 414 g/mol. The Hall–Kier alpha value is -3.00. The van der Waals surface area contributed by atoms with Gasteiger partial charge in [-0.1, -0.05) is 42.5 Å². The zero-order valence-electron chi connectivity index (χ0n) is 17.0. The van der Waals surface area contributed by atoms with Crippen molar-refractivity contribution in [2.75, 3.05) is 12.4 Å². The van der Waals surface area contributed by atoms with Crippen molar-refractivity contribution in [3.05, 3.63) is 70.6 Å². The molecule has 2 aliphatic heterocycles. The van der Waals surface area contributed by atoms with E-state index in [1.165, 1.54) is 0 Å². The van der Waals surface area contributed by atoms with E-state index in [-0.39, 0.29) is 24.2 Å². The van der Waals surface area contributed by atoms with E-state index in [4.69, 9.17) is 4.74 Å². The van der Waals surface area contributed by atoms with E-state index < -0.39 is 10.9 Å². The van der Waals surface area contributed by atoms with Gasteiger partial charge < -0.3 is 14.6 Å². The zero-order chi connectivity index (χ0) is 21.4. The number of ether oxygens (including phenoxy) is 1. The Kier molecular flexibility index (Phi) is 5.09. The molecule has 2 aliphatic rings. The molecule has 2 saturated heterocycles. The third kappa shape index (κ3) is 3.35. The highest BCUT2D eigenvalue weighted by atomic mass is 32.2. The van der Waals surface area contributed by atoms with Crippen molar-refractivity contribution in [3.8, 4) is 0 Å². The number of thioether (sulfide) groups is 1. The third-order valence-corrected chi connectivity index (χ3v) is 7.67. The zero-order valence-corrected chi connectivity index (χ0v) is 17.8. The molecule has 31 heavy (non-hydrogen) atoms. The first-order chi connectivity index (χ1) is 15.1. The lowest BCUT2D eigenvalue weighted by Gasteiger charge is -2.33. The average molecular weight is 438 g/mol. The van der Waals surface area contributed by atoms with Crippen molar-refractivity contribution in [3.63, 3.8) is 0 Å².